The molecule has 3 aliphatic rings. The van der Waals surface area contributed by atoms with Crippen LogP contribution in [0.1, 0.15) is 37.3 Å². The van der Waals surface area contributed by atoms with Gasteiger partial charge < -0.3 is 19.5 Å². The zero-order chi connectivity index (χ0) is 21.6. The average molecular weight is 409 g/mol. The Bertz CT molecular complexity index is 999. The molecule has 30 heavy (non-hydrogen) atoms. The third-order valence-electron chi connectivity index (χ3n) is 7.00. The van der Waals surface area contributed by atoms with Gasteiger partial charge in [-0.05, 0) is 43.5 Å². The molecule has 1 aromatic rings. The third kappa shape index (κ3) is 2.21. The first-order valence-corrected chi connectivity index (χ1v) is 10.1. The van der Waals surface area contributed by atoms with Gasteiger partial charge in [0.15, 0.2) is 0 Å². The van der Waals surface area contributed by atoms with E-state index in [4.69, 9.17) is 19.9 Å². The van der Waals surface area contributed by atoms with Crippen molar-refractivity contribution in [2.24, 2.45) is 16.6 Å². The second-order valence-corrected chi connectivity index (χ2v) is 7.97. The molecule has 0 radical (unpaired) electrons. The van der Waals surface area contributed by atoms with Crippen molar-refractivity contribution in [3.63, 3.8) is 0 Å². The molecule has 2 heterocycles. The molecule has 156 valence electrons. The maximum absolute atomic E-state index is 10.7. The Hall–Kier alpha value is -2.91. The van der Waals surface area contributed by atoms with Crippen molar-refractivity contribution >= 4 is 5.84 Å². The number of methoxy groups -OCH3 is 3. The van der Waals surface area contributed by atoms with Crippen molar-refractivity contribution < 1.29 is 24.5 Å². The van der Waals surface area contributed by atoms with Crippen LogP contribution >= 0.6 is 0 Å². The minimum absolute atomic E-state index is 0.185. The number of nitrogens with two attached hydrogens (primary N) is 2. The minimum Gasteiger partial charge on any atom is -0.497 e. The van der Waals surface area contributed by atoms with Crippen LogP contribution in [0.2, 0.25) is 0 Å². The molecule has 0 unspecified atom stereocenters. The minimum atomic E-state index is -1.56. The second kappa shape index (κ2) is 7.10. The Labute approximate surface area is 175 Å². The standard InChI is InChI=1S/C22H25N5O3/c1-28-15-10-8-14(9-11-15)18-20(12-23)19(25)27-22(29-2,30-3)21(20,13-24)16-6-4-5-7-17(16)26-18/h8-11,18,26H,4-7H2,1-3H3,(H2,25,27)/p+2/t18-,20+,21-/m1/s1. The molecule has 0 aromatic heterocycles. The zero-order valence-corrected chi connectivity index (χ0v) is 17.5. The fraction of sp³-hybridized carbons (Fsp3) is 0.500. The number of hydrogen-bond donors (Lipinski definition) is 3. The highest BCUT2D eigenvalue weighted by Gasteiger charge is 2.84. The predicted octanol–water partition coefficient (Wildman–Crippen LogP) is -0.441. The number of ether oxygens (including phenoxy) is 3. The van der Waals surface area contributed by atoms with Crippen LogP contribution in [0.25, 0.3) is 0 Å². The molecule has 0 spiro atoms. The van der Waals surface area contributed by atoms with E-state index in [9.17, 15) is 10.5 Å². The highest BCUT2D eigenvalue weighted by Crippen LogP contribution is 2.61. The summed E-state index contributed by atoms with van der Waals surface area (Å²) in [5, 5.41) is 23.5. The smallest absolute Gasteiger partial charge is 0.346 e. The van der Waals surface area contributed by atoms with Gasteiger partial charge in [0, 0.05) is 31.8 Å². The zero-order valence-electron chi connectivity index (χ0n) is 17.5. The summed E-state index contributed by atoms with van der Waals surface area (Å²) in [6.07, 6.45) is 3.51. The van der Waals surface area contributed by atoms with Crippen LogP contribution in [0.4, 0.5) is 0 Å². The Kier molecular flexibility index (Phi) is 4.82. The molecule has 0 fully saturated rings. The fourth-order valence-electron chi connectivity index (χ4n) is 5.63. The van der Waals surface area contributed by atoms with Gasteiger partial charge in [-0.1, -0.05) is 0 Å². The maximum Gasteiger partial charge on any atom is 0.346 e. The van der Waals surface area contributed by atoms with Crippen LogP contribution in [0.5, 0.6) is 5.75 Å². The molecule has 3 atom stereocenters. The predicted molar refractivity (Wildman–Crippen MR) is 106 cm³/mol. The molecule has 0 bridgehead atoms. The van der Waals surface area contributed by atoms with Crippen LogP contribution in [0.3, 0.4) is 0 Å². The quantitative estimate of drug-likeness (QED) is 0.578. The average Bonchev–Trinajstić information content (AvgIpc) is 3.04. The van der Waals surface area contributed by atoms with Gasteiger partial charge in [-0.25, -0.2) is 4.99 Å². The van der Waals surface area contributed by atoms with Crippen LogP contribution < -0.4 is 20.8 Å². The van der Waals surface area contributed by atoms with E-state index >= 15 is 0 Å². The van der Waals surface area contributed by atoms with E-state index in [2.05, 4.69) is 22.4 Å². The van der Waals surface area contributed by atoms with Crippen molar-refractivity contribution in [1.82, 2.24) is 0 Å². The number of hydrogen-bond acceptors (Lipinski definition) is 6. The van der Waals surface area contributed by atoms with Crippen LogP contribution in [-0.4, -0.2) is 33.1 Å². The summed E-state index contributed by atoms with van der Waals surface area (Å²) < 4.78 is 16.9. The summed E-state index contributed by atoms with van der Waals surface area (Å²) in [4.78, 5) is 3.07. The lowest BCUT2D eigenvalue weighted by Gasteiger charge is -2.48. The van der Waals surface area contributed by atoms with E-state index in [-0.39, 0.29) is 5.84 Å². The SMILES string of the molecule is COc1ccc([C@H]2[NH2+]C3=C(CCCC3)[C@@]3(C#N)C(OC)(OC)[NH+]=C(N)[C@]23C#N)cc1. The highest BCUT2D eigenvalue weighted by atomic mass is 16.7. The third-order valence-corrected chi connectivity index (χ3v) is 7.00. The van der Waals surface area contributed by atoms with E-state index in [0.717, 1.165) is 36.1 Å². The molecule has 8 nitrogen and oxygen atoms in total. The Morgan fingerprint density at radius 1 is 1.07 bits per heavy atom. The topological polar surface area (TPSA) is 132 Å². The van der Waals surface area contributed by atoms with Crippen molar-refractivity contribution in [2.45, 2.75) is 37.6 Å². The van der Waals surface area contributed by atoms with Crippen molar-refractivity contribution in [3.05, 3.63) is 41.1 Å². The number of amidine groups is 1. The number of nitriles is 2. The molecule has 1 aromatic carbocycles. The van der Waals surface area contributed by atoms with Crippen molar-refractivity contribution in [2.75, 3.05) is 21.3 Å². The van der Waals surface area contributed by atoms with Gasteiger partial charge >= 0.3 is 5.91 Å². The molecule has 8 heteroatoms. The lowest BCUT2D eigenvalue weighted by Crippen LogP contribution is -2.92. The molecule has 4 rings (SSSR count). The van der Waals surface area contributed by atoms with E-state index in [1.807, 2.05) is 24.3 Å². The Morgan fingerprint density at radius 2 is 1.73 bits per heavy atom. The lowest BCUT2D eigenvalue weighted by atomic mass is 9.52. The number of fused-ring (bicyclic) bond motifs is 2. The molecular weight excluding hydrogens is 382 g/mol. The number of quaternary nitrogens is 1. The van der Waals surface area contributed by atoms with Crippen molar-refractivity contribution in [3.8, 4) is 17.9 Å². The van der Waals surface area contributed by atoms with Gasteiger partial charge in [0.25, 0.3) is 5.84 Å². The van der Waals surface area contributed by atoms with Crippen LogP contribution in [-0.2, 0) is 9.47 Å². The Morgan fingerprint density at radius 3 is 2.30 bits per heavy atom. The summed E-state index contributed by atoms with van der Waals surface area (Å²) in [6, 6.07) is 12.0. The molecule has 2 aliphatic heterocycles. The molecule has 0 saturated carbocycles. The van der Waals surface area contributed by atoms with E-state index in [1.165, 1.54) is 14.2 Å². The summed E-state index contributed by atoms with van der Waals surface area (Å²) in [5.74, 6) is -0.655. The number of benzene rings is 1. The van der Waals surface area contributed by atoms with Crippen LogP contribution in [0, 0.1) is 33.5 Å². The van der Waals surface area contributed by atoms with E-state index < -0.39 is 22.8 Å². The molecule has 1 aliphatic carbocycles. The first kappa shape index (κ1) is 20.4. The fourth-order valence-corrected chi connectivity index (χ4v) is 5.63. The number of allylic oxidation sites excluding steroid dienone is 1. The number of nitrogens with zero attached hydrogens (tertiary/aromatic N) is 2. The lowest BCUT2D eigenvalue weighted by molar-refractivity contribution is -0.700. The summed E-state index contributed by atoms with van der Waals surface area (Å²) >= 11 is 0. The highest BCUT2D eigenvalue weighted by molar-refractivity contribution is 5.90. The van der Waals surface area contributed by atoms with Gasteiger partial charge in [0.05, 0.1) is 19.2 Å². The summed E-state index contributed by atoms with van der Waals surface area (Å²) in [6.45, 7) is 0. The summed E-state index contributed by atoms with van der Waals surface area (Å²) in [5.41, 5.74) is 6.55. The largest absolute Gasteiger partial charge is 0.497 e. The summed E-state index contributed by atoms with van der Waals surface area (Å²) in [7, 11) is 4.55. The number of rotatable bonds is 4. The molecular formula is C22H27N5O3+2. The normalized spacial score (nSPS) is 31.8. The van der Waals surface area contributed by atoms with Crippen LogP contribution in [0.15, 0.2) is 35.5 Å². The van der Waals surface area contributed by atoms with Gasteiger partial charge in [-0.3, -0.25) is 5.73 Å². The van der Waals surface area contributed by atoms with E-state index in [0.29, 0.717) is 12.2 Å². The Balaban J connectivity index is 2.05. The molecule has 5 N–H and O–H groups in total. The molecule has 0 amide bonds. The number of nitrogens with one attached hydrogen (secondary N) is 1. The first-order chi connectivity index (χ1) is 14.5. The van der Waals surface area contributed by atoms with Gasteiger partial charge in [-0.15, -0.1) is 0 Å². The first-order valence-electron chi connectivity index (χ1n) is 10.1. The van der Waals surface area contributed by atoms with Crippen molar-refractivity contribution in [1.29, 1.82) is 10.5 Å². The van der Waals surface area contributed by atoms with E-state index in [1.54, 1.807) is 7.11 Å². The maximum atomic E-state index is 10.7. The second-order valence-electron chi connectivity index (χ2n) is 7.97. The van der Waals surface area contributed by atoms with Gasteiger partial charge in [0.1, 0.15) is 17.5 Å². The monoisotopic (exact) mass is 409 g/mol. The van der Waals surface area contributed by atoms with Gasteiger partial charge in [-0.2, -0.15) is 10.5 Å². The van der Waals surface area contributed by atoms with Gasteiger partial charge in [0.2, 0.25) is 10.8 Å². The molecule has 0 saturated heterocycles.